The Labute approximate surface area is 190 Å². The van der Waals surface area contributed by atoms with Crippen molar-refractivity contribution >= 4 is 27.7 Å². The third kappa shape index (κ3) is 5.36. The van der Waals surface area contributed by atoms with E-state index in [1.165, 1.54) is 14.2 Å². The van der Waals surface area contributed by atoms with Crippen LogP contribution in [0, 0.1) is 11.3 Å². The first kappa shape index (κ1) is 22.6. The molecule has 1 saturated heterocycles. The van der Waals surface area contributed by atoms with Crippen LogP contribution in [0.4, 0.5) is 0 Å². The van der Waals surface area contributed by atoms with Gasteiger partial charge in [0, 0.05) is 11.0 Å². The van der Waals surface area contributed by atoms with Crippen LogP contribution in [0.15, 0.2) is 46.9 Å². The zero-order valence-corrected chi connectivity index (χ0v) is 19.0. The Bertz CT molecular complexity index is 987. The summed E-state index contributed by atoms with van der Waals surface area (Å²) >= 11 is 3.38. The predicted molar refractivity (Wildman–Crippen MR) is 119 cm³/mol. The molecule has 31 heavy (non-hydrogen) atoms. The van der Waals surface area contributed by atoms with E-state index in [0.717, 1.165) is 16.5 Å². The normalized spacial score (nSPS) is 16.3. The Hall–Kier alpha value is -3.05. The Morgan fingerprint density at radius 3 is 2.55 bits per heavy atom. The molecule has 0 radical (unpaired) electrons. The van der Waals surface area contributed by atoms with E-state index >= 15 is 0 Å². The van der Waals surface area contributed by atoms with Gasteiger partial charge >= 0.3 is 0 Å². The van der Waals surface area contributed by atoms with Crippen LogP contribution in [0.2, 0.25) is 0 Å². The smallest absolute Gasteiger partial charge is 0.244 e. The average Bonchev–Trinajstić information content (AvgIpc) is 3.28. The lowest BCUT2D eigenvalue weighted by atomic mass is 10.1. The van der Waals surface area contributed by atoms with Crippen LogP contribution in [0.5, 0.6) is 11.5 Å². The van der Waals surface area contributed by atoms with Crippen LogP contribution in [0.25, 0.3) is 0 Å². The number of ether oxygens (including phenoxy) is 2. The zero-order valence-electron chi connectivity index (χ0n) is 17.4. The second-order valence-corrected chi connectivity index (χ2v) is 8.15. The van der Waals surface area contributed by atoms with E-state index in [1.807, 2.05) is 24.3 Å². The van der Waals surface area contributed by atoms with Gasteiger partial charge in [0.15, 0.2) is 11.5 Å². The van der Waals surface area contributed by atoms with Crippen molar-refractivity contribution in [3.63, 3.8) is 0 Å². The highest BCUT2D eigenvalue weighted by Gasteiger charge is 2.35. The molecule has 0 aliphatic carbocycles. The zero-order chi connectivity index (χ0) is 22.4. The van der Waals surface area contributed by atoms with Crippen molar-refractivity contribution < 1.29 is 19.1 Å². The molecule has 1 aliphatic heterocycles. The highest BCUT2D eigenvalue weighted by atomic mass is 79.9. The van der Waals surface area contributed by atoms with E-state index in [2.05, 4.69) is 27.3 Å². The minimum Gasteiger partial charge on any atom is -0.493 e. The van der Waals surface area contributed by atoms with E-state index in [9.17, 15) is 14.9 Å². The number of carbonyl (C=O) groups excluding carboxylic acids is 2. The summed E-state index contributed by atoms with van der Waals surface area (Å²) in [5.74, 6) is 0.582. The molecule has 2 aromatic carbocycles. The first-order chi connectivity index (χ1) is 15.0. The minimum absolute atomic E-state index is 0.0976. The van der Waals surface area contributed by atoms with Gasteiger partial charge in [0.25, 0.3) is 0 Å². The van der Waals surface area contributed by atoms with Crippen LogP contribution in [0.3, 0.4) is 0 Å². The monoisotopic (exact) mass is 485 g/mol. The number of nitriles is 1. The van der Waals surface area contributed by atoms with Gasteiger partial charge in [-0.1, -0.05) is 34.1 Å². The lowest BCUT2D eigenvalue weighted by Gasteiger charge is -2.25. The van der Waals surface area contributed by atoms with E-state index < -0.39 is 12.1 Å². The van der Waals surface area contributed by atoms with Gasteiger partial charge in [0.05, 0.1) is 26.7 Å². The number of nitrogens with one attached hydrogen (secondary N) is 1. The standard InChI is InChI=1S/C23H24BrN3O4/c1-30-20-10-7-16(13-21(20)31-2)18(14-25)26-23(29)19-4-3-11-27(19)22(28)12-15-5-8-17(24)9-6-15/h5-10,13,18-19H,3-4,11-12H2,1-2H3,(H,26,29)/t18?,19-/m0/s1. The average molecular weight is 486 g/mol. The summed E-state index contributed by atoms with van der Waals surface area (Å²) < 4.78 is 11.5. The summed E-state index contributed by atoms with van der Waals surface area (Å²) in [4.78, 5) is 27.4. The van der Waals surface area contributed by atoms with Gasteiger partial charge in [-0.2, -0.15) is 5.26 Å². The van der Waals surface area contributed by atoms with Crippen LogP contribution < -0.4 is 14.8 Å². The third-order valence-electron chi connectivity index (χ3n) is 5.30. The van der Waals surface area contributed by atoms with Gasteiger partial charge in [-0.25, -0.2) is 0 Å². The number of methoxy groups -OCH3 is 2. The fourth-order valence-electron chi connectivity index (χ4n) is 3.68. The summed E-state index contributed by atoms with van der Waals surface area (Å²) in [5.41, 5.74) is 1.47. The second kappa shape index (κ2) is 10.3. The molecule has 2 amide bonds. The molecule has 3 rings (SSSR count). The third-order valence-corrected chi connectivity index (χ3v) is 5.83. The van der Waals surface area contributed by atoms with Crippen molar-refractivity contribution in [1.82, 2.24) is 10.2 Å². The van der Waals surface area contributed by atoms with Gasteiger partial charge in [0.1, 0.15) is 12.1 Å². The van der Waals surface area contributed by atoms with Crippen LogP contribution >= 0.6 is 15.9 Å². The number of halogens is 1. The molecule has 1 fully saturated rings. The van der Waals surface area contributed by atoms with E-state index in [-0.39, 0.29) is 18.2 Å². The molecule has 2 atom stereocenters. The molecular formula is C23H24BrN3O4. The van der Waals surface area contributed by atoms with Crippen molar-refractivity contribution in [1.29, 1.82) is 5.26 Å². The van der Waals surface area contributed by atoms with Gasteiger partial charge in [-0.15, -0.1) is 0 Å². The van der Waals surface area contributed by atoms with Crippen molar-refractivity contribution in [2.75, 3.05) is 20.8 Å². The number of hydrogen-bond donors (Lipinski definition) is 1. The molecule has 1 N–H and O–H groups in total. The number of carbonyl (C=O) groups is 2. The van der Waals surface area contributed by atoms with Gasteiger partial charge in [0.2, 0.25) is 11.8 Å². The van der Waals surface area contributed by atoms with Crippen molar-refractivity contribution in [3.05, 3.63) is 58.1 Å². The molecule has 0 saturated carbocycles. The van der Waals surface area contributed by atoms with Crippen molar-refractivity contribution in [3.8, 4) is 17.6 Å². The van der Waals surface area contributed by atoms with E-state index in [0.29, 0.717) is 30.0 Å². The second-order valence-electron chi connectivity index (χ2n) is 7.23. The summed E-state index contributed by atoms with van der Waals surface area (Å²) in [7, 11) is 3.04. The SMILES string of the molecule is COc1ccc(C(C#N)NC(=O)[C@@H]2CCCN2C(=O)Cc2ccc(Br)cc2)cc1OC. The number of rotatable bonds is 7. The summed E-state index contributed by atoms with van der Waals surface area (Å²) in [6, 6.07) is 13.3. The Kier molecular flexibility index (Phi) is 7.53. The van der Waals surface area contributed by atoms with Crippen molar-refractivity contribution in [2.24, 2.45) is 0 Å². The fourth-order valence-corrected chi connectivity index (χ4v) is 3.94. The molecule has 162 valence electrons. The van der Waals surface area contributed by atoms with Crippen LogP contribution in [-0.4, -0.2) is 43.5 Å². The molecule has 0 bridgehead atoms. The molecule has 1 aliphatic rings. The lowest BCUT2D eigenvalue weighted by molar-refractivity contribution is -0.138. The minimum atomic E-state index is -0.865. The largest absolute Gasteiger partial charge is 0.493 e. The van der Waals surface area contributed by atoms with Crippen LogP contribution in [-0.2, 0) is 16.0 Å². The summed E-state index contributed by atoms with van der Waals surface area (Å²) in [6.07, 6.45) is 1.55. The highest BCUT2D eigenvalue weighted by Crippen LogP contribution is 2.30. The molecule has 0 aromatic heterocycles. The maximum absolute atomic E-state index is 13.0. The predicted octanol–water partition coefficient (Wildman–Crippen LogP) is 3.38. The van der Waals surface area contributed by atoms with Gasteiger partial charge < -0.3 is 19.7 Å². The number of nitrogens with zero attached hydrogens (tertiary/aromatic N) is 2. The Morgan fingerprint density at radius 1 is 1.19 bits per heavy atom. The molecule has 1 unspecified atom stereocenters. The molecular weight excluding hydrogens is 462 g/mol. The highest BCUT2D eigenvalue weighted by molar-refractivity contribution is 9.10. The lowest BCUT2D eigenvalue weighted by Crippen LogP contribution is -2.47. The van der Waals surface area contributed by atoms with Crippen LogP contribution in [0.1, 0.15) is 30.0 Å². The number of hydrogen-bond acceptors (Lipinski definition) is 5. The van der Waals surface area contributed by atoms with E-state index in [4.69, 9.17) is 9.47 Å². The molecule has 7 nitrogen and oxygen atoms in total. The molecule has 8 heteroatoms. The maximum Gasteiger partial charge on any atom is 0.244 e. The Morgan fingerprint density at radius 2 is 1.90 bits per heavy atom. The quantitative estimate of drug-likeness (QED) is 0.648. The van der Waals surface area contributed by atoms with Gasteiger partial charge in [-0.05, 0) is 48.2 Å². The summed E-state index contributed by atoms with van der Waals surface area (Å²) in [6.45, 7) is 0.529. The number of amides is 2. The number of benzene rings is 2. The topological polar surface area (TPSA) is 91.7 Å². The Balaban J connectivity index is 1.69. The molecule has 2 aromatic rings. The fraction of sp³-hybridized carbons (Fsp3) is 0.348. The molecule has 1 heterocycles. The van der Waals surface area contributed by atoms with Gasteiger partial charge in [-0.3, -0.25) is 9.59 Å². The first-order valence-electron chi connectivity index (χ1n) is 9.92. The van der Waals surface area contributed by atoms with E-state index in [1.54, 1.807) is 23.1 Å². The van der Waals surface area contributed by atoms with Crippen molar-refractivity contribution in [2.45, 2.75) is 31.3 Å². The first-order valence-corrected chi connectivity index (χ1v) is 10.7. The summed E-state index contributed by atoms with van der Waals surface area (Å²) in [5, 5.41) is 12.4. The number of likely N-dealkylation sites (tertiary alicyclic amines) is 1. The maximum atomic E-state index is 13.0. The molecule has 0 spiro atoms.